The first-order chi connectivity index (χ1) is 9.24. The molecule has 3 N–H and O–H groups in total. The van der Waals surface area contributed by atoms with E-state index in [0.717, 1.165) is 11.1 Å². The van der Waals surface area contributed by atoms with Gasteiger partial charge < -0.3 is 10.4 Å². The summed E-state index contributed by atoms with van der Waals surface area (Å²) in [6.07, 6.45) is 1.61. The maximum absolute atomic E-state index is 11.9. The average molecular weight is 275 g/mol. The maximum atomic E-state index is 11.9. The minimum Gasteiger partial charge on any atom is -0.390 e. The third-order valence-electron chi connectivity index (χ3n) is 3.14. The van der Waals surface area contributed by atoms with E-state index in [2.05, 4.69) is 15.6 Å². The minimum absolute atomic E-state index is 0.351. The number of carbonyl (C=O) groups is 1. The van der Waals surface area contributed by atoms with Crippen molar-refractivity contribution < 1.29 is 9.90 Å². The van der Waals surface area contributed by atoms with Crippen LogP contribution < -0.4 is 10.6 Å². The van der Waals surface area contributed by atoms with E-state index < -0.39 is 6.10 Å². The third-order valence-corrected chi connectivity index (χ3v) is 3.83. The summed E-state index contributed by atoms with van der Waals surface area (Å²) >= 11 is 1.35. The van der Waals surface area contributed by atoms with Crippen molar-refractivity contribution in [3.63, 3.8) is 0 Å². The van der Waals surface area contributed by atoms with Crippen molar-refractivity contribution in [2.45, 2.75) is 18.6 Å². The highest BCUT2D eigenvalue weighted by Gasteiger charge is 2.31. The fraction of sp³-hybridized carbons (Fsp3) is 0.231. The molecule has 0 radical (unpaired) electrons. The molecule has 1 heterocycles. The Hall–Kier alpha value is -1.92. The van der Waals surface area contributed by atoms with Gasteiger partial charge in [0, 0.05) is 18.0 Å². The molecule has 1 aromatic carbocycles. The van der Waals surface area contributed by atoms with Crippen LogP contribution in [0.5, 0.6) is 0 Å². The molecule has 1 aromatic heterocycles. The molecule has 0 unspecified atom stereocenters. The van der Waals surface area contributed by atoms with Gasteiger partial charge in [0.15, 0.2) is 5.13 Å². The number of urea groups is 1. The number of fused-ring (bicyclic) bond motifs is 1. The van der Waals surface area contributed by atoms with Crippen LogP contribution in [0.25, 0.3) is 0 Å². The van der Waals surface area contributed by atoms with E-state index in [4.69, 9.17) is 0 Å². The summed E-state index contributed by atoms with van der Waals surface area (Å²) in [5.74, 6) is 0. The summed E-state index contributed by atoms with van der Waals surface area (Å²) in [4.78, 5) is 15.8. The van der Waals surface area contributed by atoms with E-state index in [9.17, 15) is 9.90 Å². The van der Waals surface area contributed by atoms with Gasteiger partial charge in [0.2, 0.25) is 0 Å². The lowest BCUT2D eigenvalue weighted by molar-refractivity contribution is 0.144. The molecular weight excluding hydrogens is 262 g/mol. The molecule has 98 valence electrons. The molecule has 6 heteroatoms. The smallest absolute Gasteiger partial charge is 0.321 e. The van der Waals surface area contributed by atoms with Gasteiger partial charge in [0.05, 0.1) is 12.1 Å². The van der Waals surface area contributed by atoms with Crippen LogP contribution in [-0.2, 0) is 6.42 Å². The Morgan fingerprint density at radius 3 is 3.05 bits per heavy atom. The van der Waals surface area contributed by atoms with Gasteiger partial charge in [-0.2, -0.15) is 0 Å². The molecule has 1 aliphatic rings. The summed E-state index contributed by atoms with van der Waals surface area (Å²) in [5.41, 5.74) is 2.05. The van der Waals surface area contributed by atoms with E-state index in [1.807, 2.05) is 24.3 Å². The molecule has 5 nitrogen and oxygen atoms in total. The standard InChI is InChI=1S/C13H13N3O2S/c17-10-7-8-3-1-2-4-9(8)11(10)15-12(18)16-13-14-5-6-19-13/h1-6,10-11,17H,7H2,(H2,14,15,16,18)/t10-,11+/m1/s1. The van der Waals surface area contributed by atoms with Crippen LogP contribution in [0.3, 0.4) is 0 Å². The fourth-order valence-corrected chi connectivity index (χ4v) is 2.83. The topological polar surface area (TPSA) is 74.2 Å². The molecule has 0 fully saturated rings. The van der Waals surface area contributed by atoms with Crippen molar-refractivity contribution >= 4 is 22.5 Å². The van der Waals surface area contributed by atoms with Crippen LogP contribution >= 0.6 is 11.3 Å². The zero-order chi connectivity index (χ0) is 13.2. The molecule has 2 atom stereocenters. The van der Waals surface area contributed by atoms with Gasteiger partial charge >= 0.3 is 6.03 Å². The molecule has 2 aromatic rings. The highest BCUT2D eigenvalue weighted by molar-refractivity contribution is 7.13. The molecule has 2 amide bonds. The number of hydrogen-bond donors (Lipinski definition) is 3. The number of anilines is 1. The van der Waals surface area contributed by atoms with Crippen LogP contribution in [0.15, 0.2) is 35.8 Å². The quantitative estimate of drug-likeness (QED) is 0.784. The molecular formula is C13H13N3O2S. The maximum Gasteiger partial charge on any atom is 0.321 e. The van der Waals surface area contributed by atoms with Crippen LogP contribution in [-0.4, -0.2) is 22.2 Å². The SMILES string of the molecule is O=C(Nc1nccs1)N[C@H]1c2ccccc2C[C@H]1O. The van der Waals surface area contributed by atoms with Gasteiger partial charge in [-0.05, 0) is 11.1 Å². The zero-order valence-corrected chi connectivity index (χ0v) is 10.9. The van der Waals surface area contributed by atoms with Crippen LogP contribution in [0, 0.1) is 0 Å². The Labute approximate surface area is 114 Å². The van der Waals surface area contributed by atoms with Crippen LogP contribution in [0.4, 0.5) is 9.93 Å². The molecule has 0 saturated carbocycles. The van der Waals surface area contributed by atoms with Crippen molar-refractivity contribution in [1.29, 1.82) is 0 Å². The number of benzene rings is 1. The number of amides is 2. The van der Waals surface area contributed by atoms with Crippen molar-refractivity contribution in [3.05, 3.63) is 47.0 Å². The normalized spacial score (nSPS) is 20.9. The Balaban J connectivity index is 1.71. The summed E-state index contributed by atoms with van der Waals surface area (Å²) in [6, 6.07) is 7.03. The molecule has 3 rings (SSSR count). The van der Waals surface area contributed by atoms with E-state index in [1.165, 1.54) is 11.3 Å². The zero-order valence-electron chi connectivity index (χ0n) is 10.0. The molecule has 1 aliphatic carbocycles. The van der Waals surface area contributed by atoms with Crippen LogP contribution in [0.2, 0.25) is 0 Å². The van der Waals surface area contributed by atoms with Crippen molar-refractivity contribution in [3.8, 4) is 0 Å². The Bertz CT molecular complexity index is 585. The van der Waals surface area contributed by atoms with Gasteiger partial charge in [-0.1, -0.05) is 24.3 Å². The fourth-order valence-electron chi connectivity index (χ4n) is 2.31. The minimum atomic E-state index is -0.584. The summed E-state index contributed by atoms with van der Waals surface area (Å²) in [5, 5.41) is 17.8. The van der Waals surface area contributed by atoms with Gasteiger partial charge in [-0.25, -0.2) is 9.78 Å². The monoisotopic (exact) mass is 275 g/mol. The van der Waals surface area contributed by atoms with E-state index in [1.54, 1.807) is 11.6 Å². The number of thiazole rings is 1. The summed E-state index contributed by atoms with van der Waals surface area (Å²) in [6.45, 7) is 0. The van der Waals surface area contributed by atoms with Gasteiger partial charge in [0.25, 0.3) is 0 Å². The second kappa shape index (κ2) is 4.99. The largest absolute Gasteiger partial charge is 0.390 e. The first-order valence-electron chi connectivity index (χ1n) is 5.97. The second-order valence-corrected chi connectivity index (χ2v) is 5.28. The van der Waals surface area contributed by atoms with E-state index in [0.29, 0.717) is 11.6 Å². The predicted octanol–water partition coefficient (Wildman–Crippen LogP) is 1.92. The Kier molecular flexibility index (Phi) is 3.18. The highest BCUT2D eigenvalue weighted by Crippen LogP contribution is 2.31. The number of nitrogens with one attached hydrogen (secondary N) is 2. The van der Waals surface area contributed by atoms with E-state index >= 15 is 0 Å². The summed E-state index contributed by atoms with van der Waals surface area (Å²) in [7, 11) is 0. The van der Waals surface area contributed by atoms with E-state index in [-0.39, 0.29) is 12.1 Å². The lowest BCUT2D eigenvalue weighted by atomic mass is 10.1. The van der Waals surface area contributed by atoms with Crippen molar-refractivity contribution in [2.75, 3.05) is 5.32 Å². The summed E-state index contributed by atoms with van der Waals surface area (Å²) < 4.78 is 0. The van der Waals surface area contributed by atoms with Crippen LogP contribution in [0.1, 0.15) is 17.2 Å². The predicted molar refractivity (Wildman–Crippen MR) is 73.2 cm³/mol. The van der Waals surface area contributed by atoms with Gasteiger partial charge in [-0.3, -0.25) is 5.32 Å². The number of rotatable bonds is 2. The first-order valence-corrected chi connectivity index (χ1v) is 6.85. The first kappa shape index (κ1) is 12.1. The van der Waals surface area contributed by atoms with Crippen molar-refractivity contribution in [1.82, 2.24) is 10.3 Å². The number of aliphatic hydroxyl groups is 1. The Morgan fingerprint density at radius 1 is 1.42 bits per heavy atom. The highest BCUT2D eigenvalue weighted by atomic mass is 32.1. The molecule has 0 saturated heterocycles. The number of aromatic nitrogens is 1. The molecule has 0 bridgehead atoms. The lowest BCUT2D eigenvalue weighted by Gasteiger charge is -2.17. The number of hydrogen-bond acceptors (Lipinski definition) is 4. The third kappa shape index (κ3) is 2.45. The molecule has 0 spiro atoms. The molecule has 0 aliphatic heterocycles. The molecule has 19 heavy (non-hydrogen) atoms. The number of nitrogens with zero attached hydrogens (tertiary/aromatic N) is 1. The van der Waals surface area contributed by atoms with Crippen molar-refractivity contribution in [2.24, 2.45) is 0 Å². The number of aliphatic hydroxyl groups excluding tert-OH is 1. The van der Waals surface area contributed by atoms with Gasteiger partial charge in [-0.15, -0.1) is 11.3 Å². The number of carbonyl (C=O) groups excluding carboxylic acids is 1. The lowest BCUT2D eigenvalue weighted by Crippen LogP contribution is -2.36. The Morgan fingerprint density at radius 2 is 2.26 bits per heavy atom. The second-order valence-electron chi connectivity index (χ2n) is 4.38. The average Bonchev–Trinajstić information content (AvgIpc) is 2.99. The van der Waals surface area contributed by atoms with Gasteiger partial charge in [0.1, 0.15) is 0 Å².